The predicted octanol–water partition coefficient (Wildman–Crippen LogP) is 1.89. The van der Waals surface area contributed by atoms with Crippen molar-refractivity contribution in [3.05, 3.63) is 17.8 Å². The molecule has 2 aliphatic rings. The van der Waals surface area contributed by atoms with Gasteiger partial charge < -0.3 is 14.2 Å². The summed E-state index contributed by atoms with van der Waals surface area (Å²) in [6.07, 6.45) is 7.19. The number of piperidine rings is 1. The predicted molar refractivity (Wildman–Crippen MR) is 92.6 cm³/mol. The standard InChI is InChI=1S/C18H30N4O2/c1-15-12-19-17(24-15)14-20(2)16-6-10-21(13-16)11-7-18(23)22-8-4-3-5-9-22/h12,16H,3-11,13-14H2,1-2H3. The molecule has 3 heterocycles. The van der Waals surface area contributed by atoms with Crippen LogP contribution >= 0.6 is 0 Å². The molecule has 6 nitrogen and oxygen atoms in total. The highest BCUT2D eigenvalue weighted by Crippen LogP contribution is 2.18. The van der Waals surface area contributed by atoms with E-state index in [9.17, 15) is 4.79 Å². The number of aromatic nitrogens is 1. The molecule has 1 amide bonds. The number of likely N-dealkylation sites (N-methyl/N-ethyl adjacent to an activating group) is 1. The first-order chi connectivity index (χ1) is 11.6. The van der Waals surface area contributed by atoms with E-state index in [1.807, 2.05) is 11.8 Å². The third-order valence-corrected chi connectivity index (χ3v) is 5.28. The molecular formula is C18H30N4O2. The Labute approximate surface area is 144 Å². The lowest BCUT2D eigenvalue weighted by atomic mass is 10.1. The fraction of sp³-hybridized carbons (Fsp3) is 0.778. The molecule has 6 heteroatoms. The molecule has 1 atom stereocenters. The number of nitrogens with zero attached hydrogens (tertiary/aromatic N) is 4. The van der Waals surface area contributed by atoms with Crippen molar-refractivity contribution in [2.45, 2.75) is 51.6 Å². The number of amides is 1. The summed E-state index contributed by atoms with van der Waals surface area (Å²) < 4.78 is 5.57. The van der Waals surface area contributed by atoms with Crippen molar-refractivity contribution in [1.82, 2.24) is 19.7 Å². The van der Waals surface area contributed by atoms with E-state index < -0.39 is 0 Å². The number of carbonyl (C=O) groups excluding carboxylic acids is 1. The monoisotopic (exact) mass is 334 g/mol. The Morgan fingerprint density at radius 2 is 2.12 bits per heavy atom. The van der Waals surface area contributed by atoms with Crippen molar-refractivity contribution in [3.8, 4) is 0 Å². The van der Waals surface area contributed by atoms with Gasteiger partial charge in [-0.2, -0.15) is 0 Å². The number of rotatable bonds is 6. The van der Waals surface area contributed by atoms with E-state index >= 15 is 0 Å². The van der Waals surface area contributed by atoms with E-state index in [0.29, 0.717) is 18.4 Å². The SMILES string of the molecule is Cc1cnc(CN(C)C2CCN(CCC(=O)N3CCCCC3)C2)o1. The summed E-state index contributed by atoms with van der Waals surface area (Å²) in [6, 6.07) is 0.516. The normalized spacial score (nSPS) is 22.5. The van der Waals surface area contributed by atoms with Crippen molar-refractivity contribution in [2.75, 3.05) is 39.8 Å². The van der Waals surface area contributed by atoms with Crippen LogP contribution < -0.4 is 0 Å². The minimum Gasteiger partial charge on any atom is -0.445 e. The summed E-state index contributed by atoms with van der Waals surface area (Å²) in [5, 5.41) is 0. The maximum absolute atomic E-state index is 12.3. The molecule has 24 heavy (non-hydrogen) atoms. The van der Waals surface area contributed by atoms with E-state index in [1.54, 1.807) is 6.20 Å². The maximum Gasteiger partial charge on any atom is 0.223 e. The molecule has 0 radical (unpaired) electrons. The second kappa shape index (κ2) is 8.12. The van der Waals surface area contributed by atoms with E-state index in [0.717, 1.165) is 57.3 Å². The largest absolute Gasteiger partial charge is 0.445 e. The molecule has 134 valence electrons. The lowest BCUT2D eigenvalue weighted by Gasteiger charge is -2.28. The fourth-order valence-electron chi connectivity index (χ4n) is 3.75. The molecule has 3 rings (SSSR count). The van der Waals surface area contributed by atoms with Gasteiger partial charge in [0.1, 0.15) is 5.76 Å². The molecule has 1 aromatic rings. The van der Waals surface area contributed by atoms with E-state index in [4.69, 9.17) is 4.42 Å². The van der Waals surface area contributed by atoms with Gasteiger partial charge in [-0.1, -0.05) is 0 Å². The molecule has 2 saturated heterocycles. The number of aryl methyl sites for hydroxylation is 1. The molecule has 2 aliphatic heterocycles. The van der Waals surface area contributed by atoms with Crippen LogP contribution in [0, 0.1) is 6.92 Å². The maximum atomic E-state index is 12.3. The quantitative estimate of drug-likeness (QED) is 0.795. The summed E-state index contributed by atoms with van der Waals surface area (Å²) in [5.74, 6) is 1.98. The van der Waals surface area contributed by atoms with Gasteiger partial charge in [0.15, 0.2) is 0 Å². The summed E-state index contributed by atoms with van der Waals surface area (Å²) in [5.41, 5.74) is 0. The number of hydrogen-bond donors (Lipinski definition) is 0. The van der Waals surface area contributed by atoms with Crippen LogP contribution in [0.3, 0.4) is 0 Å². The first-order valence-corrected chi connectivity index (χ1v) is 9.23. The zero-order chi connectivity index (χ0) is 16.9. The zero-order valence-electron chi connectivity index (χ0n) is 15.0. The van der Waals surface area contributed by atoms with Gasteiger partial charge in [0.2, 0.25) is 11.8 Å². The van der Waals surface area contributed by atoms with E-state index in [2.05, 4.69) is 21.8 Å². The molecule has 0 saturated carbocycles. The van der Waals surface area contributed by atoms with Crippen molar-refractivity contribution in [3.63, 3.8) is 0 Å². The highest BCUT2D eigenvalue weighted by Gasteiger charge is 2.27. The van der Waals surface area contributed by atoms with Crippen LogP contribution in [0.2, 0.25) is 0 Å². The Morgan fingerprint density at radius 1 is 1.33 bits per heavy atom. The van der Waals surface area contributed by atoms with Gasteiger partial charge in [-0.25, -0.2) is 4.98 Å². The Balaban J connectivity index is 1.39. The van der Waals surface area contributed by atoms with Gasteiger partial charge in [-0.15, -0.1) is 0 Å². The molecule has 0 aliphatic carbocycles. The van der Waals surface area contributed by atoms with Crippen molar-refractivity contribution < 1.29 is 9.21 Å². The summed E-state index contributed by atoms with van der Waals surface area (Å²) in [6.45, 7) is 7.58. The van der Waals surface area contributed by atoms with Crippen molar-refractivity contribution in [1.29, 1.82) is 0 Å². The average molecular weight is 334 g/mol. The van der Waals surface area contributed by atoms with Crippen LogP contribution in [-0.2, 0) is 11.3 Å². The third kappa shape index (κ3) is 4.57. The molecule has 2 fully saturated rings. The number of oxazole rings is 1. The Morgan fingerprint density at radius 3 is 2.83 bits per heavy atom. The highest BCUT2D eigenvalue weighted by atomic mass is 16.4. The third-order valence-electron chi connectivity index (χ3n) is 5.28. The smallest absolute Gasteiger partial charge is 0.223 e. The van der Waals surface area contributed by atoms with Crippen LogP contribution in [-0.4, -0.2) is 71.4 Å². The van der Waals surface area contributed by atoms with Crippen LogP contribution in [0.5, 0.6) is 0 Å². The number of likely N-dealkylation sites (tertiary alicyclic amines) is 2. The van der Waals surface area contributed by atoms with E-state index in [1.165, 1.54) is 19.3 Å². The molecule has 0 N–H and O–H groups in total. The number of carbonyl (C=O) groups is 1. The first kappa shape index (κ1) is 17.4. The van der Waals surface area contributed by atoms with Gasteiger partial charge in [0, 0.05) is 38.6 Å². The molecular weight excluding hydrogens is 304 g/mol. The summed E-state index contributed by atoms with van der Waals surface area (Å²) >= 11 is 0. The number of hydrogen-bond acceptors (Lipinski definition) is 5. The van der Waals surface area contributed by atoms with Gasteiger partial charge in [0.25, 0.3) is 0 Å². The van der Waals surface area contributed by atoms with Gasteiger partial charge in [0.05, 0.1) is 12.7 Å². The van der Waals surface area contributed by atoms with Crippen LogP contribution in [0.1, 0.15) is 43.8 Å². The first-order valence-electron chi connectivity index (χ1n) is 9.23. The zero-order valence-corrected chi connectivity index (χ0v) is 15.0. The van der Waals surface area contributed by atoms with Crippen molar-refractivity contribution in [2.24, 2.45) is 0 Å². The average Bonchev–Trinajstić information content (AvgIpc) is 3.22. The minimum atomic E-state index is 0.335. The van der Waals surface area contributed by atoms with E-state index in [-0.39, 0.29) is 0 Å². The van der Waals surface area contributed by atoms with Gasteiger partial charge >= 0.3 is 0 Å². The van der Waals surface area contributed by atoms with Gasteiger partial charge in [-0.3, -0.25) is 9.69 Å². The Bertz CT molecular complexity index is 539. The second-order valence-electron chi connectivity index (χ2n) is 7.21. The minimum absolute atomic E-state index is 0.335. The topological polar surface area (TPSA) is 52.8 Å². The van der Waals surface area contributed by atoms with Crippen molar-refractivity contribution >= 4 is 5.91 Å². The highest BCUT2D eigenvalue weighted by molar-refractivity contribution is 5.76. The fourth-order valence-corrected chi connectivity index (χ4v) is 3.75. The summed E-state index contributed by atoms with van der Waals surface area (Å²) in [4.78, 5) is 23.4. The van der Waals surface area contributed by atoms with Crippen LogP contribution in [0.15, 0.2) is 10.6 Å². The van der Waals surface area contributed by atoms with Gasteiger partial charge in [-0.05, 0) is 46.2 Å². The Kier molecular flexibility index (Phi) is 5.89. The van der Waals surface area contributed by atoms with Crippen LogP contribution in [0.4, 0.5) is 0 Å². The second-order valence-corrected chi connectivity index (χ2v) is 7.21. The molecule has 0 bridgehead atoms. The molecule has 0 aromatic carbocycles. The summed E-state index contributed by atoms with van der Waals surface area (Å²) in [7, 11) is 2.13. The lowest BCUT2D eigenvalue weighted by Crippen LogP contribution is -2.38. The molecule has 1 unspecified atom stereocenters. The van der Waals surface area contributed by atoms with Crippen LogP contribution in [0.25, 0.3) is 0 Å². The molecule has 0 spiro atoms. The molecule has 1 aromatic heterocycles. The Hall–Kier alpha value is -1.40. The lowest BCUT2D eigenvalue weighted by molar-refractivity contribution is -0.132.